The van der Waals surface area contributed by atoms with E-state index in [1.54, 1.807) is 0 Å². The summed E-state index contributed by atoms with van der Waals surface area (Å²) < 4.78 is 10.1. The standard InChI is InChI=1S/C3H5O6P/c4-2(5)1-10(8,9)3(6)7/h1H2,(H,4,5)(H,6,7)(H,8,9)/p-3. The van der Waals surface area contributed by atoms with Gasteiger partial charge >= 0.3 is 0 Å². The molecule has 0 N–H and O–H groups in total. The lowest BCUT2D eigenvalue weighted by atomic mass is 10.8. The molecule has 0 bridgehead atoms. The van der Waals surface area contributed by atoms with Crippen molar-refractivity contribution in [3.8, 4) is 0 Å². The normalized spacial score (nSPS) is 15.7. The highest BCUT2D eigenvalue weighted by molar-refractivity contribution is 7.73. The summed E-state index contributed by atoms with van der Waals surface area (Å²) in [6, 6.07) is 0. The molecule has 0 aliphatic heterocycles. The lowest BCUT2D eigenvalue weighted by molar-refractivity contribution is -0.303. The van der Waals surface area contributed by atoms with Crippen LogP contribution in [-0.4, -0.2) is 17.8 Å². The Balaban J connectivity index is 4.29. The number of carbonyl (C=O) groups is 2. The third-order valence-electron chi connectivity index (χ3n) is 0.615. The van der Waals surface area contributed by atoms with Crippen LogP contribution in [0.5, 0.6) is 0 Å². The minimum Gasteiger partial charge on any atom is -0.795 e. The third-order valence-corrected chi connectivity index (χ3v) is 1.85. The van der Waals surface area contributed by atoms with Crippen molar-refractivity contribution >= 4 is 19.0 Å². The number of hydrogen-bond acceptors (Lipinski definition) is 6. The molecule has 1 unspecified atom stereocenters. The Morgan fingerprint density at radius 3 is 1.80 bits per heavy atom. The number of aliphatic carboxylic acids is 1. The maximum Gasteiger partial charge on any atom is 0.0882 e. The fourth-order valence-corrected chi connectivity index (χ4v) is 0.704. The number of hydrogen-bond donors (Lipinski definition) is 0. The van der Waals surface area contributed by atoms with Gasteiger partial charge in [-0.15, -0.1) is 0 Å². The molecular formula is C3H2O6P-3. The van der Waals surface area contributed by atoms with Crippen molar-refractivity contribution in [2.24, 2.45) is 0 Å². The van der Waals surface area contributed by atoms with Crippen LogP contribution in [0.2, 0.25) is 0 Å². The minimum absolute atomic E-state index is 1.52. The topological polar surface area (TPSA) is 120 Å². The predicted octanol–water partition coefficient (Wildman–Crippen LogP) is -3.28. The van der Waals surface area contributed by atoms with Gasteiger partial charge in [-0.2, -0.15) is 0 Å². The Morgan fingerprint density at radius 1 is 1.30 bits per heavy atom. The van der Waals surface area contributed by atoms with E-state index in [0.717, 1.165) is 0 Å². The average molecular weight is 165 g/mol. The monoisotopic (exact) mass is 165 g/mol. The summed E-state index contributed by atoms with van der Waals surface area (Å²) in [4.78, 5) is 29.2. The molecular weight excluding hydrogens is 163 g/mol. The molecule has 0 heterocycles. The van der Waals surface area contributed by atoms with Crippen LogP contribution < -0.4 is 15.1 Å². The van der Waals surface area contributed by atoms with Gasteiger partial charge in [-0.25, -0.2) is 0 Å². The Hall–Kier alpha value is -0.870. The van der Waals surface area contributed by atoms with Crippen molar-refractivity contribution in [2.75, 3.05) is 6.16 Å². The fourth-order valence-electron chi connectivity index (χ4n) is 0.235. The zero-order chi connectivity index (χ0) is 8.36. The lowest BCUT2D eigenvalue weighted by Crippen LogP contribution is -2.35. The molecule has 58 valence electrons. The lowest BCUT2D eigenvalue weighted by Gasteiger charge is -2.23. The number of carbonyl (C=O) groups excluding carboxylic acids is 2. The van der Waals surface area contributed by atoms with E-state index in [1.165, 1.54) is 0 Å². The van der Waals surface area contributed by atoms with Crippen molar-refractivity contribution in [1.82, 2.24) is 0 Å². The SMILES string of the molecule is O=C([O-])CP(=O)([O-])C(=O)[O-]. The van der Waals surface area contributed by atoms with Crippen molar-refractivity contribution in [1.29, 1.82) is 0 Å². The maximum absolute atomic E-state index is 10.1. The van der Waals surface area contributed by atoms with Crippen LogP contribution in [0.4, 0.5) is 4.79 Å². The molecule has 0 aromatic rings. The summed E-state index contributed by atoms with van der Waals surface area (Å²) in [5.74, 6) is -1.96. The van der Waals surface area contributed by atoms with Gasteiger partial charge in [-0.3, -0.25) is 0 Å². The molecule has 0 amide bonds. The summed E-state index contributed by atoms with van der Waals surface area (Å²) in [7, 11) is -4.93. The second kappa shape index (κ2) is 2.81. The van der Waals surface area contributed by atoms with Crippen LogP contribution in [0.3, 0.4) is 0 Å². The Morgan fingerprint density at radius 2 is 1.70 bits per heavy atom. The zero-order valence-corrected chi connectivity index (χ0v) is 5.50. The zero-order valence-electron chi connectivity index (χ0n) is 4.60. The van der Waals surface area contributed by atoms with Gasteiger partial charge in [0.2, 0.25) is 0 Å². The molecule has 0 rings (SSSR count). The molecule has 6 nitrogen and oxygen atoms in total. The summed E-state index contributed by atoms with van der Waals surface area (Å²) in [6.07, 6.45) is -1.52. The molecule has 1 atom stereocenters. The smallest absolute Gasteiger partial charge is 0.0882 e. The van der Waals surface area contributed by atoms with E-state index in [-0.39, 0.29) is 0 Å². The van der Waals surface area contributed by atoms with E-state index >= 15 is 0 Å². The first-order chi connectivity index (χ1) is 4.36. The minimum atomic E-state index is -4.93. The highest BCUT2D eigenvalue weighted by Gasteiger charge is 2.08. The average Bonchev–Trinajstić information content (AvgIpc) is 1.60. The number of rotatable bonds is 3. The highest BCUT2D eigenvalue weighted by Crippen LogP contribution is 2.33. The van der Waals surface area contributed by atoms with Crippen LogP contribution in [0.25, 0.3) is 0 Å². The van der Waals surface area contributed by atoms with Crippen molar-refractivity contribution in [2.45, 2.75) is 0 Å². The van der Waals surface area contributed by atoms with E-state index in [2.05, 4.69) is 0 Å². The van der Waals surface area contributed by atoms with Gasteiger partial charge in [0, 0.05) is 12.1 Å². The summed E-state index contributed by atoms with van der Waals surface area (Å²) in [6.45, 7) is 0. The summed E-state index contributed by atoms with van der Waals surface area (Å²) in [5, 5.41) is 19.1. The van der Waals surface area contributed by atoms with Gasteiger partial charge in [0.05, 0.1) is 13.1 Å². The van der Waals surface area contributed by atoms with E-state index < -0.39 is 25.2 Å². The van der Waals surface area contributed by atoms with Crippen LogP contribution >= 0.6 is 7.37 Å². The molecule has 0 aromatic carbocycles. The quantitative estimate of drug-likeness (QED) is 0.404. The van der Waals surface area contributed by atoms with Crippen molar-refractivity contribution < 1.29 is 29.3 Å². The second-order valence-corrected chi connectivity index (χ2v) is 3.50. The van der Waals surface area contributed by atoms with Crippen LogP contribution in [0.1, 0.15) is 0 Å². The third kappa shape index (κ3) is 2.61. The summed E-state index contributed by atoms with van der Waals surface area (Å²) >= 11 is 0. The largest absolute Gasteiger partial charge is 0.795 e. The molecule has 0 fully saturated rings. The second-order valence-electron chi connectivity index (χ2n) is 1.47. The summed E-state index contributed by atoms with van der Waals surface area (Å²) in [5.41, 5.74) is -2.38. The van der Waals surface area contributed by atoms with Gasteiger partial charge in [0.15, 0.2) is 0 Å². The van der Waals surface area contributed by atoms with Crippen molar-refractivity contribution in [3.05, 3.63) is 0 Å². The molecule has 0 spiro atoms. The molecule has 7 heteroatoms. The van der Waals surface area contributed by atoms with E-state index in [1.807, 2.05) is 0 Å². The predicted molar refractivity (Wildman–Crippen MR) is 22.9 cm³/mol. The molecule has 0 saturated heterocycles. The van der Waals surface area contributed by atoms with Gasteiger partial charge < -0.3 is 29.3 Å². The first-order valence-corrected chi connectivity index (χ1v) is 3.88. The van der Waals surface area contributed by atoms with E-state index in [4.69, 9.17) is 0 Å². The van der Waals surface area contributed by atoms with Crippen LogP contribution in [-0.2, 0) is 9.36 Å². The maximum atomic E-state index is 10.1. The first kappa shape index (κ1) is 9.13. The van der Waals surface area contributed by atoms with Gasteiger partial charge in [-0.05, 0) is 0 Å². The van der Waals surface area contributed by atoms with Gasteiger partial charge in [-0.1, -0.05) is 0 Å². The van der Waals surface area contributed by atoms with E-state index in [9.17, 15) is 29.3 Å². The fraction of sp³-hybridized carbons (Fsp3) is 0.333. The Labute approximate surface area is 55.6 Å². The Bertz CT molecular complexity index is 207. The van der Waals surface area contributed by atoms with Crippen LogP contribution in [0.15, 0.2) is 0 Å². The molecule has 0 aliphatic carbocycles. The molecule has 10 heavy (non-hydrogen) atoms. The van der Waals surface area contributed by atoms with Crippen molar-refractivity contribution in [3.63, 3.8) is 0 Å². The molecule has 0 aromatic heterocycles. The number of carboxylic acids is 1. The number of carboxylic acid groups (broad SMARTS) is 2. The van der Waals surface area contributed by atoms with Crippen LogP contribution in [0, 0.1) is 0 Å². The van der Waals surface area contributed by atoms with E-state index in [0.29, 0.717) is 0 Å². The molecule has 0 aliphatic rings. The first-order valence-electron chi connectivity index (χ1n) is 2.08. The molecule has 0 saturated carbocycles. The van der Waals surface area contributed by atoms with Gasteiger partial charge in [0.1, 0.15) is 0 Å². The highest BCUT2D eigenvalue weighted by atomic mass is 31.2. The molecule has 0 radical (unpaired) electrons. The van der Waals surface area contributed by atoms with Gasteiger partial charge in [0.25, 0.3) is 0 Å². The Kier molecular flexibility index (Phi) is 2.56.